The minimum atomic E-state index is -0.0858. The molecule has 4 nitrogen and oxygen atoms in total. The molecular weight excluding hydrogens is 252 g/mol. The van der Waals surface area contributed by atoms with Crippen molar-refractivity contribution in [1.29, 1.82) is 0 Å². The van der Waals surface area contributed by atoms with E-state index < -0.39 is 0 Å². The number of hydrogen-bond acceptors (Lipinski definition) is 3. The predicted octanol–water partition coefficient (Wildman–Crippen LogP) is 2.19. The zero-order valence-corrected chi connectivity index (χ0v) is 11.7. The lowest BCUT2D eigenvalue weighted by Gasteiger charge is -2.18. The third-order valence-electron chi connectivity index (χ3n) is 4.79. The molecule has 0 spiro atoms. The lowest BCUT2D eigenvalue weighted by Crippen LogP contribution is -2.32. The van der Waals surface area contributed by atoms with Gasteiger partial charge in [-0.2, -0.15) is 0 Å². The Labute approximate surface area is 118 Å². The van der Waals surface area contributed by atoms with Gasteiger partial charge in [-0.15, -0.1) is 0 Å². The molecule has 2 fully saturated rings. The first-order valence-electron chi connectivity index (χ1n) is 7.30. The van der Waals surface area contributed by atoms with Crippen LogP contribution in [0.4, 0.5) is 5.69 Å². The van der Waals surface area contributed by atoms with E-state index in [0.717, 1.165) is 24.8 Å². The molecule has 20 heavy (non-hydrogen) atoms. The molecule has 2 aliphatic rings. The largest absolute Gasteiger partial charge is 0.398 e. The molecular formula is C16H20N2O2. The van der Waals surface area contributed by atoms with Crippen LogP contribution >= 0.6 is 0 Å². The number of imide groups is 1. The molecule has 3 rings (SSSR count). The minimum absolute atomic E-state index is 0.000738. The Bertz CT molecular complexity index is 531. The number of anilines is 1. The van der Waals surface area contributed by atoms with Crippen molar-refractivity contribution in [1.82, 2.24) is 4.90 Å². The first-order chi connectivity index (χ1) is 9.61. The lowest BCUT2D eigenvalue weighted by atomic mass is 10.00. The Kier molecular flexibility index (Phi) is 3.24. The van der Waals surface area contributed by atoms with Gasteiger partial charge < -0.3 is 5.73 Å². The number of para-hydroxylation sites is 1. The number of carbonyl (C=O) groups is 2. The van der Waals surface area contributed by atoms with Crippen LogP contribution in [0.15, 0.2) is 24.3 Å². The number of nitrogens with two attached hydrogens (primary N) is 1. The van der Waals surface area contributed by atoms with E-state index in [1.165, 1.54) is 4.90 Å². The maximum absolute atomic E-state index is 12.4. The van der Waals surface area contributed by atoms with Crippen molar-refractivity contribution in [3.8, 4) is 0 Å². The van der Waals surface area contributed by atoms with Gasteiger partial charge in [0.05, 0.1) is 18.4 Å². The fraction of sp³-hybridized carbons (Fsp3) is 0.500. The van der Waals surface area contributed by atoms with Crippen molar-refractivity contribution < 1.29 is 9.59 Å². The smallest absolute Gasteiger partial charge is 0.233 e. The van der Waals surface area contributed by atoms with E-state index in [9.17, 15) is 9.59 Å². The SMILES string of the molecule is CCC1CC2C(=O)N(Cc3ccccc3N)C(=O)C2C1. The Morgan fingerprint density at radius 2 is 1.75 bits per heavy atom. The van der Waals surface area contributed by atoms with Crippen LogP contribution in [0, 0.1) is 17.8 Å². The van der Waals surface area contributed by atoms with Crippen LogP contribution in [-0.4, -0.2) is 16.7 Å². The van der Waals surface area contributed by atoms with Gasteiger partial charge in [-0.25, -0.2) is 0 Å². The number of likely N-dealkylation sites (tertiary alicyclic amines) is 1. The molecule has 2 atom stereocenters. The number of rotatable bonds is 3. The maximum Gasteiger partial charge on any atom is 0.233 e. The monoisotopic (exact) mass is 272 g/mol. The number of benzene rings is 1. The molecule has 106 valence electrons. The van der Waals surface area contributed by atoms with Crippen LogP contribution < -0.4 is 5.73 Å². The van der Waals surface area contributed by atoms with Gasteiger partial charge in [0.15, 0.2) is 0 Å². The highest BCUT2D eigenvalue weighted by Crippen LogP contribution is 2.44. The van der Waals surface area contributed by atoms with Gasteiger partial charge in [0.25, 0.3) is 0 Å². The van der Waals surface area contributed by atoms with Crippen LogP contribution in [0.1, 0.15) is 31.7 Å². The summed E-state index contributed by atoms with van der Waals surface area (Å²) in [6, 6.07) is 7.41. The first kappa shape index (κ1) is 13.2. The Morgan fingerprint density at radius 3 is 2.30 bits per heavy atom. The summed E-state index contributed by atoms with van der Waals surface area (Å²) in [4.78, 5) is 26.3. The van der Waals surface area contributed by atoms with Gasteiger partial charge >= 0.3 is 0 Å². The summed E-state index contributed by atoms with van der Waals surface area (Å²) in [5, 5.41) is 0. The minimum Gasteiger partial charge on any atom is -0.398 e. The number of nitrogens with zero attached hydrogens (tertiary/aromatic N) is 1. The van der Waals surface area contributed by atoms with Gasteiger partial charge in [-0.05, 0) is 30.4 Å². The molecule has 2 unspecified atom stereocenters. The van der Waals surface area contributed by atoms with E-state index in [2.05, 4.69) is 6.92 Å². The number of amides is 2. The molecule has 1 aromatic carbocycles. The summed E-state index contributed by atoms with van der Waals surface area (Å²) in [5.74, 6) is 0.357. The number of fused-ring (bicyclic) bond motifs is 1. The van der Waals surface area contributed by atoms with E-state index in [-0.39, 0.29) is 23.7 Å². The Balaban J connectivity index is 1.79. The van der Waals surface area contributed by atoms with E-state index in [4.69, 9.17) is 5.73 Å². The quantitative estimate of drug-likeness (QED) is 0.677. The van der Waals surface area contributed by atoms with E-state index in [1.54, 1.807) is 6.07 Å². The Morgan fingerprint density at radius 1 is 1.15 bits per heavy atom. The van der Waals surface area contributed by atoms with E-state index >= 15 is 0 Å². The van der Waals surface area contributed by atoms with Gasteiger partial charge in [-0.1, -0.05) is 31.5 Å². The van der Waals surface area contributed by atoms with Crippen LogP contribution in [0.3, 0.4) is 0 Å². The molecule has 0 bridgehead atoms. The van der Waals surface area contributed by atoms with Crippen molar-refractivity contribution in [3.05, 3.63) is 29.8 Å². The van der Waals surface area contributed by atoms with Crippen molar-refractivity contribution >= 4 is 17.5 Å². The second-order valence-electron chi connectivity index (χ2n) is 5.92. The maximum atomic E-state index is 12.4. The highest BCUT2D eigenvalue weighted by Gasteiger charge is 2.52. The molecule has 0 aromatic heterocycles. The molecule has 1 saturated carbocycles. The van der Waals surface area contributed by atoms with Crippen molar-refractivity contribution in [2.75, 3.05) is 5.73 Å². The molecule has 2 N–H and O–H groups in total. The van der Waals surface area contributed by atoms with Gasteiger partial charge in [-0.3, -0.25) is 14.5 Å². The topological polar surface area (TPSA) is 63.4 Å². The normalized spacial score (nSPS) is 29.1. The fourth-order valence-corrected chi connectivity index (χ4v) is 3.54. The molecule has 1 aliphatic heterocycles. The van der Waals surface area contributed by atoms with E-state index in [1.807, 2.05) is 18.2 Å². The molecule has 4 heteroatoms. The number of carbonyl (C=O) groups excluding carboxylic acids is 2. The van der Waals surface area contributed by atoms with Gasteiger partial charge in [0.1, 0.15) is 0 Å². The standard InChI is InChI=1S/C16H20N2O2/c1-2-10-7-12-13(8-10)16(20)18(15(12)19)9-11-5-3-4-6-14(11)17/h3-6,10,12-13H,2,7-9,17H2,1H3. The molecule has 2 amide bonds. The third-order valence-corrected chi connectivity index (χ3v) is 4.79. The third kappa shape index (κ3) is 1.99. The highest BCUT2D eigenvalue weighted by molar-refractivity contribution is 6.05. The van der Waals surface area contributed by atoms with Gasteiger partial charge in [0, 0.05) is 5.69 Å². The molecule has 0 radical (unpaired) electrons. The van der Waals surface area contributed by atoms with Crippen molar-refractivity contribution in [3.63, 3.8) is 0 Å². The summed E-state index contributed by atoms with van der Waals surface area (Å²) in [6.45, 7) is 2.44. The van der Waals surface area contributed by atoms with Crippen molar-refractivity contribution in [2.24, 2.45) is 17.8 Å². The summed E-state index contributed by atoms with van der Waals surface area (Å²) in [6.07, 6.45) is 2.79. The Hall–Kier alpha value is -1.84. The summed E-state index contributed by atoms with van der Waals surface area (Å²) < 4.78 is 0. The summed E-state index contributed by atoms with van der Waals surface area (Å²) >= 11 is 0. The zero-order chi connectivity index (χ0) is 14.3. The second kappa shape index (κ2) is 4.93. The number of nitrogen functional groups attached to an aromatic ring is 1. The van der Waals surface area contributed by atoms with Crippen molar-refractivity contribution in [2.45, 2.75) is 32.7 Å². The molecule has 1 saturated heterocycles. The van der Waals surface area contributed by atoms with Crippen LogP contribution in [-0.2, 0) is 16.1 Å². The second-order valence-corrected chi connectivity index (χ2v) is 5.92. The molecule has 1 aliphatic carbocycles. The average Bonchev–Trinajstić information content (AvgIpc) is 2.96. The average molecular weight is 272 g/mol. The van der Waals surface area contributed by atoms with Crippen LogP contribution in [0.25, 0.3) is 0 Å². The first-order valence-corrected chi connectivity index (χ1v) is 7.30. The van der Waals surface area contributed by atoms with E-state index in [0.29, 0.717) is 18.2 Å². The van der Waals surface area contributed by atoms with Gasteiger partial charge in [0.2, 0.25) is 11.8 Å². The van der Waals surface area contributed by atoms with Crippen LogP contribution in [0.5, 0.6) is 0 Å². The zero-order valence-electron chi connectivity index (χ0n) is 11.7. The fourth-order valence-electron chi connectivity index (χ4n) is 3.54. The molecule has 1 aromatic rings. The lowest BCUT2D eigenvalue weighted by molar-refractivity contribution is -0.141. The summed E-state index contributed by atoms with van der Waals surface area (Å²) in [7, 11) is 0. The summed E-state index contributed by atoms with van der Waals surface area (Å²) in [5.41, 5.74) is 7.38. The molecule has 1 heterocycles. The van der Waals surface area contributed by atoms with Crippen LogP contribution in [0.2, 0.25) is 0 Å². The highest BCUT2D eigenvalue weighted by atomic mass is 16.2. The predicted molar refractivity (Wildman–Crippen MR) is 76.4 cm³/mol. The number of hydrogen-bond donors (Lipinski definition) is 1.